The van der Waals surface area contributed by atoms with Crippen LogP contribution in [-0.4, -0.2) is 15.9 Å². The number of carbonyl (C=O) groups excluding carboxylic acids is 1. The molecule has 1 N–H and O–H groups in total. The average molecular weight is 231 g/mol. The summed E-state index contributed by atoms with van der Waals surface area (Å²) in [5, 5.41) is 6.64. The second-order valence-electron chi connectivity index (χ2n) is 3.41. The molecule has 0 radical (unpaired) electrons. The maximum Gasteiger partial charge on any atom is 0.417 e. The van der Waals surface area contributed by atoms with Gasteiger partial charge in [-0.15, -0.1) is 0 Å². The third kappa shape index (κ3) is 3.07. The molecule has 2 rings (SSSR count). The molecule has 1 aromatic carbocycles. The average Bonchev–Trinajstić information content (AvgIpc) is 2.78. The summed E-state index contributed by atoms with van der Waals surface area (Å²) in [7, 11) is 0. The van der Waals surface area contributed by atoms with Crippen molar-refractivity contribution in [2.75, 3.05) is 5.32 Å². The molecule has 0 saturated carbocycles. The fraction of sp³-hybridized carbons (Fsp3) is 0.167. The summed E-state index contributed by atoms with van der Waals surface area (Å²) >= 11 is 0. The Morgan fingerprint density at radius 1 is 1.41 bits per heavy atom. The van der Waals surface area contributed by atoms with Crippen molar-refractivity contribution < 1.29 is 9.53 Å². The van der Waals surface area contributed by atoms with Gasteiger partial charge in [0.25, 0.3) is 0 Å². The topological polar surface area (TPSA) is 56.2 Å². The Bertz CT molecular complexity index is 493. The second-order valence-corrected chi connectivity index (χ2v) is 3.41. The number of hydrogen-bond acceptors (Lipinski definition) is 3. The van der Waals surface area contributed by atoms with Crippen LogP contribution < -0.4 is 10.1 Å². The van der Waals surface area contributed by atoms with E-state index in [1.807, 2.05) is 13.0 Å². The lowest BCUT2D eigenvalue weighted by Crippen LogP contribution is -2.16. The molecule has 17 heavy (non-hydrogen) atoms. The minimum Gasteiger partial charge on any atom is -0.410 e. The molecule has 0 unspecified atom stereocenters. The molecular formula is C12H13N3O2. The zero-order valence-electron chi connectivity index (χ0n) is 9.46. The van der Waals surface area contributed by atoms with E-state index >= 15 is 0 Å². The van der Waals surface area contributed by atoms with Crippen LogP contribution in [0.1, 0.15) is 6.92 Å². The molecule has 5 nitrogen and oxygen atoms in total. The smallest absolute Gasteiger partial charge is 0.410 e. The van der Waals surface area contributed by atoms with Gasteiger partial charge in [0.05, 0.1) is 11.9 Å². The minimum atomic E-state index is -0.521. The number of nitrogens with zero attached hydrogens (tertiary/aromatic N) is 2. The molecule has 0 spiro atoms. The van der Waals surface area contributed by atoms with Gasteiger partial charge >= 0.3 is 6.09 Å². The first-order valence-corrected chi connectivity index (χ1v) is 5.34. The van der Waals surface area contributed by atoms with Crippen LogP contribution in [0.5, 0.6) is 5.75 Å². The minimum absolute atomic E-state index is 0.507. The van der Waals surface area contributed by atoms with Crippen LogP contribution in [0.25, 0.3) is 0 Å². The third-order valence-corrected chi connectivity index (χ3v) is 2.16. The van der Waals surface area contributed by atoms with Crippen LogP contribution in [-0.2, 0) is 6.54 Å². The lowest BCUT2D eigenvalue weighted by molar-refractivity contribution is 0.215. The van der Waals surface area contributed by atoms with E-state index in [1.54, 1.807) is 41.3 Å². The SMILES string of the molecule is CCn1cc(NC(=O)Oc2ccccc2)cn1. The van der Waals surface area contributed by atoms with E-state index in [9.17, 15) is 4.79 Å². The first kappa shape index (κ1) is 11.2. The quantitative estimate of drug-likeness (QED) is 0.883. The number of hydrogen-bond donors (Lipinski definition) is 1. The summed E-state index contributed by atoms with van der Waals surface area (Å²) in [6.07, 6.45) is 2.80. The molecule has 88 valence electrons. The fourth-order valence-corrected chi connectivity index (χ4v) is 1.34. The number of para-hydroxylation sites is 1. The van der Waals surface area contributed by atoms with E-state index in [0.717, 1.165) is 6.54 Å². The molecule has 2 aromatic rings. The van der Waals surface area contributed by atoms with E-state index in [0.29, 0.717) is 11.4 Å². The highest BCUT2D eigenvalue weighted by molar-refractivity contribution is 5.85. The summed E-state index contributed by atoms with van der Waals surface area (Å²) < 4.78 is 6.79. The van der Waals surface area contributed by atoms with Gasteiger partial charge < -0.3 is 4.74 Å². The normalized spacial score (nSPS) is 9.94. The number of nitrogens with one attached hydrogen (secondary N) is 1. The highest BCUT2D eigenvalue weighted by atomic mass is 16.6. The number of aromatic nitrogens is 2. The number of ether oxygens (including phenoxy) is 1. The highest BCUT2D eigenvalue weighted by Crippen LogP contribution is 2.10. The Morgan fingerprint density at radius 3 is 2.82 bits per heavy atom. The summed E-state index contributed by atoms with van der Waals surface area (Å²) in [5.74, 6) is 0.507. The largest absolute Gasteiger partial charge is 0.417 e. The predicted molar refractivity (Wildman–Crippen MR) is 64.0 cm³/mol. The fourth-order valence-electron chi connectivity index (χ4n) is 1.34. The summed E-state index contributed by atoms with van der Waals surface area (Å²) in [6.45, 7) is 2.73. The number of anilines is 1. The van der Waals surface area contributed by atoms with Gasteiger partial charge in [-0.25, -0.2) is 4.79 Å². The van der Waals surface area contributed by atoms with Crippen molar-refractivity contribution >= 4 is 11.8 Å². The van der Waals surface area contributed by atoms with Gasteiger partial charge in [-0.2, -0.15) is 5.10 Å². The van der Waals surface area contributed by atoms with Crippen LogP contribution in [0, 0.1) is 0 Å². The summed E-state index contributed by atoms with van der Waals surface area (Å²) in [4.78, 5) is 11.5. The maximum absolute atomic E-state index is 11.5. The lowest BCUT2D eigenvalue weighted by atomic mass is 10.3. The molecule has 0 aliphatic heterocycles. The molecule has 0 fully saturated rings. The van der Waals surface area contributed by atoms with E-state index in [4.69, 9.17) is 4.74 Å². The first-order valence-electron chi connectivity index (χ1n) is 5.34. The van der Waals surface area contributed by atoms with Crippen molar-refractivity contribution in [3.8, 4) is 5.75 Å². The van der Waals surface area contributed by atoms with Gasteiger partial charge in [-0.05, 0) is 19.1 Å². The van der Waals surface area contributed by atoms with E-state index in [1.165, 1.54) is 0 Å². The van der Waals surface area contributed by atoms with E-state index in [2.05, 4.69) is 10.4 Å². The predicted octanol–water partition coefficient (Wildman–Crippen LogP) is 2.51. The molecule has 1 heterocycles. The molecule has 0 bridgehead atoms. The number of aryl methyl sites for hydroxylation is 1. The standard InChI is InChI=1S/C12H13N3O2/c1-2-15-9-10(8-13-15)14-12(16)17-11-6-4-3-5-7-11/h3-9H,2H2,1H3,(H,14,16). The van der Waals surface area contributed by atoms with E-state index < -0.39 is 6.09 Å². The lowest BCUT2D eigenvalue weighted by Gasteiger charge is -2.03. The molecule has 1 aromatic heterocycles. The van der Waals surface area contributed by atoms with Crippen LogP contribution in [0.3, 0.4) is 0 Å². The number of rotatable bonds is 3. The van der Waals surface area contributed by atoms with Gasteiger partial charge in [0.15, 0.2) is 0 Å². The van der Waals surface area contributed by atoms with Gasteiger partial charge in [0.1, 0.15) is 5.75 Å². The van der Waals surface area contributed by atoms with Crippen LogP contribution >= 0.6 is 0 Å². The van der Waals surface area contributed by atoms with Crippen molar-refractivity contribution in [2.24, 2.45) is 0 Å². The van der Waals surface area contributed by atoms with Gasteiger partial charge in [-0.3, -0.25) is 10.00 Å². The van der Waals surface area contributed by atoms with Gasteiger partial charge in [-0.1, -0.05) is 18.2 Å². The van der Waals surface area contributed by atoms with Crippen molar-refractivity contribution in [3.05, 3.63) is 42.7 Å². The number of benzene rings is 1. The highest BCUT2D eigenvalue weighted by Gasteiger charge is 2.05. The van der Waals surface area contributed by atoms with Crippen LogP contribution in [0.15, 0.2) is 42.7 Å². The Morgan fingerprint density at radius 2 is 2.18 bits per heavy atom. The monoisotopic (exact) mass is 231 g/mol. The third-order valence-electron chi connectivity index (χ3n) is 2.16. The Kier molecular flexibility index (Phi) is 3.40. The molecule has 1 amide bonds. The second kappa shape index (κ2) is 5.16. The zero-order chi connectivity index (χ0) is 12.1. The molecule has 0 saturated heterocycles. The first-order chi connectivity index (χ1) is 8.28. The number of carbonyl (C=O) groups is 1. The van der Waals surface area contributed by atoms with Crippen molar-refractivity contribution in [1.29, 1.82) is 0 Å². The van der Waals surface area contributed by atoms with Crippen molar-refractivity contribution in [3.63, 3.8) is 0 Å². The van der Waals surface area contributed by atoms with Crippen molar-refractivity contribution in [1.82, 2.24) is 9.78 Å². The van der Waals surface area contributed by atoms with Gasteiger partial charge in [0, 0.05) is 12.7 Å². The molecule has 0 aliphatic rings. The van der Waals surface area contributed by atoms with Crippen LogP contribution in [0.4, 0.5) is 10.5 Å². The van der Waals surface area contributed by atoms with Crippen LogP contribution in [0.2, 0.25) is 0 Å². The van der Waals surface area contributed by atoms with E-state index in [-0.39, 0.29) is 0 Å². The summed E-state index contributed by atoms with van der Waals surface area (Å²) in [6, 6.07) is 8.90. The van der Waals surface area contributed by atoms with Crippen molar-refractivity contribution in [2.45, 2.75) is 13.5 Å². The summed E-state index contributed by atoms with van der Waals surface area (Å²) in [5.41, 5.74) is 0.618. The molecule has 5 heteroatoms. The number of amides is 1. The van der Waals surface area contributed by atoms with Gasteiger partial charge in [0.2, 0.25) is 0 Å². The molecular weight excluding hydrogens is 218 g/mol. The Balaban J connectivity index is 1.93. The molecule has 0 atom stereocenters. The molecule has 0 aliphatic carbocycles. The zero-order valence-corrected chi connectivity index (χ0v) is 9.46. The maximum atomic E-state index is 11.5. The Labute approximate surface area is 99.0 Å². The Hall–Kier alpha value is -2.30.